The molecule has 1 heterocycles. The van der Waals surface area contributed by atoms with Gasteiger partial charge in [0.1, 0.15) is 0 Å². The third-order valence-electron chi connectivity index (χ3n) is 11.5. The van der Waals surface area contributed by atoms with Gasteiger partial charge in [-0.3, -0.25) is 0 Å². The molecule has 4 saturated carbocycles. The van der Waals surface area contributed by atoms with E-state index >= 15 is 0 Å². The van der Waals surface area contributed by atoms with Gasteiger partial charge in [0.2, 0.25) is 0 Å². The first-order chi connectivity index (χ1) is 20.8. The van der Waals surface area contributed by atoms with Crippen LogP contribution in [0.1, 0.15) is 43.2 Å². The minimum absolute atomic E-state index is 0.115. The minimum atomic E-state index is 0.115. The summed E-state index contributed by atoms with van der Waals surface area (Å²) in [5, 5.41) is 3.81. The predicted octanol–water partition coefficient (Wildman–Crippen LogP) is 9.84. The Labute approximate surface area is 246 Å². The summed E-state index contributed by atoms with van der Waals surface area (Å²) in [6.07, 6.45) is 9.02. The Bertz CT molecular complexity index is 2030. The number of hydrogen-bond donors (Lipinski definition) is 0. The number of nitrogens with zero attached hydrogens (tertiary/aromatic N) is 2. The van der Waals surface area contributed by atoms with Crippen molar-refractivity contribution >= 4 is 21.7 Å². The second kappa shape index (κ2) is 8.38. The molecule has 5 aliphatic carbocycles. The van der Waals surface area contributed by atoms with Crippen LogP contribution in [-0.2, 0) is 5.41 Å². The molecule has 0 saturated heterocycles. The smallest absolute Gasteiger partial charge is 0.159 e. The number of benzene rings is 5. The standard InChI is InChI=1S/C40H32N2/c1-2-7-26(8-3-1)33-12-6-11-30-23-41-39(42-38(30)33)29-13-14-34-35-20-27-9-4-5-10-28(27)21-37(35)40(36(34)22-29)31-16-24-15-25(18-31)19-32(40)17-24/h1-14,20-25,31-32H,15-19H2. The van der Waals surface area contributed by atoms with Crippen LogP contribution in [0.15, 0.2) is 109 Å². The van der Waals surface area contributed by atoms with Gasteiger partial charge in [0.15, 0.2) is 5.82 Å². The quantitative estimate of drug-likeness (QED) is 0.218. The maximum absolute atomic E-state index is 5.25. The number of rotatable bonds is 2. The zero-order valence-corrected chi connectivity index (χ0v) is 23.6. The third kappa shape index (κ3) is 3.05. The predicted molar refractivity (Wildman–Crippen MR) is 171 cm³/mol. The summed E-state index contributed by atoms with van der Waals surface area (Å²) < 4.78 is 0. The van der Waals surface area contributed by atoms with Crippen molar-refractivity contribution in [2.75, 3.05) is 0 Å². The summed E-state index contributed by atoms with van der Waals surface area (Å²) in [5.74, 6) is 4.14. The first kappa shape index (κ1) is 23.3. The van der Waals surface area contributed by atoms with Crippen molar-refractivity contribution in [1.29, 1.82) is 0 Å². The van der Waals surface area contributed by atoms with E-state index in [0.717, 1.165) is 51.5 Å². The Hall–Kier alpha value is -4.30. The highest BCUT2D eigenvalue weighted by atomic mass is 14.9. The fourth-order valence-electron chi connectivity index (χ4n) is 10.1. The molecule has 4 fully saturated rings. The van der Waals surface area contributed by atoms with Gasteiger partial charge >= 0.3 is 0 Å². The highest BCUT2D eigenvalue weighted by Crippen LogP contribution is 2.69. The fourth-order valence-corrected chi connectivity index (χ4v) is 10.1. The zero-order chi connectivity index (χ0) is 27.4. The largest absolute Gasteiger partial charge is 0.236 e. The number of aromatic nitrogens is 2. The molecule has 4 bridgehead atoms. The average Bonchev–Trinajstić information content (AvgIpc) is 3.31. The summed E-state index contributed by atoms with van der Waals surface area (Å²) in [4.78, 5) is 10.2. The van der Waals surface area contributed by atoms with E-state index < -0.39 is 0 Å². The van der Waals surface area contributed by atoms with Crippen molar-refractivity contribution in [2.45, 2.75) is 37.5 Å². The lowest BCUT2D eigenvalue weighted by Crippen LogP contribution is -2.55. The summed E-state index contributed by atoms with van der Waals surface area (Å²) in [6, 6.07) is 38.2. The summed E-state index contributed by atoms with van der Waals surface area (Å²) in [5.41, 5.74) is 10.7. The molecule has 42 heavy (non-hydrogen) atoms. The van der Waals surface area contributed by atoms with E-state index in [0.29, 0.717) is 0 Å². The van der Waals surface area contributed by atoms with Crippen LogP contribution in [0.4, 0.5) is 0 Å². The molecule has 0 amide bonds. The molecule has 2 heteroatoms. The lowest BCUT2D eigenvalue weighted by Gasteiger charge is -2.61. The molecular formula is C40H32N2. The monoisotopic (exact) mass is 540 g/mol. The number of fused-ring (bicyclic) bond motifs is 5. The lowest BCUT2D eigenvalue weighted by atomic mass is 9.43. The zero-order valence-electron chi connectivity index (χ0n) is 23.6. The Morgan fingerprint density at radius 1 is 0.524 bits per heavy atom. The van der Waals surface area contributed by atoms with Crippen LogP contribution in [-0.4, -0.2) is 9.97 Å². The van der Waals surface area contributed by atoms with Crippen LogP contribution in [0.3, 0.4) is 0 Å². The van der Waals surface area contributed by atoms with E-state index in [1.165, 1.54) is 59.6 Å². The van der Waals surface area contributed by atoms with E-state index in [-0.39, 0.29) is 5.41 Å². The fraction of sp³-hybridized carbons (Fsp3) is 0.250. The Kier molecular flexibility index (Phi) is 4.65. The van der Waals surface area contributed by atoms with Gasteiger partial charge in [-0.2, -0.15) is 0 Å². The first-order valence-electron chi connectivity index (χ1n) is 15.8. The summed E-state index contributed by atoms with van der Waals surface area (Å²) in [6.45, 7) is 0. The van der Waals surface area contributed by atoms with Crippen molar-refractivity contribution in [3.05, 3.63) is 120 Å². The van der Waals surface area contributed by atoms with Gasteiger partial charge in [-0.1, -0.05) is 84.9 Å². The van der Waals surface area contributed by atoms with Gasteiger partial charge in [0.05, 0.1) is 5.52 Å². The van der Waals surface area contributed by atoms with Crippen LogP contribution >= 0.6 is 0 Å². The molecule has 5 aromatic carbocycles. The normalized spacial score (nSPS) is 26.7. The molecule has 0 radical (unpaired) electrons. The van der Waals surface area contributed by atoms with E-state index in [2.05, 4.69) is 103 Å². The maximum Gasteiger partial charge on any atom is 0.159 e. The second-order valence-electron chi connectivity index (χ2n) is 13.5. The number of hydrogen-bond acceptors (Lipinski definition) is 2. The summed E-state index contributed by atoms with van der Waals surface area (Å²) in [7, 11) is 0. The van der Waals surface area contributed by atoms with Crippen LogP contribution in [0, 0.1) is 23.7 Å². The molecule has 0 N–H and O–H groups in total. The van der Waals surface area contributed by atoms with E-state index in [1.807, 2.05) is 6.20 Å². The van der Waals surface area contributed by atoms with Crippen LogP contribution in [0.25, 0.3) is 55.3 Å². The molecule has 0 unspecified atom stereocenters. The van der Waals surface area contributed by atoms with Crippen molar-refractivity contribution in [3.63, 3.8) is 0 Å². The highest BCUT2D eigenvalue weighted by Gasteiger charge is 2.61. The average molecular weight is 541 g/mol. The molecule has 2 nitrogen and oxygen atoms in total. The SMILES string of the molecule is c1ccc(-c2cccc3cnc(-c4ccc5c(c4)C4(c6cc7ccccc7cc6-5)C5CC6CC(C5)CC4C6)nc23)cc1. The van der Waals surface area contributed by atoms with Gasteiger partial charge < -0.3 is 0 Å². The molecule has 202 valence electrons. The van der Waals surface area contributed by atoms with Crippen LogP contribution in [0.5, 0.6) is 0 Å². The maximum atomic E-state index is 5.25. The molecule has 6 aromatic rings. The van der Waals surface area contributed by atoms with Crippen molar-refractivity contribution in [2.24, 2.45) is 23.7 Å². The van der Waals surface area contributed by atoms with Crippen LogP contribution in [0.2, 0.25) is 0 Å². The molecule has 11 rings (SSSR count). The van der Waals surface area contributed by atoms with Gasteiger partial charge in [0.25, 0.3) is 0 Å². The van der Waals surface area contributed by atoms with Crippen molar-refractivity contribution in [1.82, 2.24) is 9.97 Å². The van der Waals surface area contributed by atoms with Gasteiger partial charge in [-0.05, 0) is 113 Å². The van der Waals surface area contributed by atoms with Gasteiger partial charge in [0, 0.05) is 28.1 Å². The number of para-hydroxylation sites is 1. The van der Waals surface area contributed by atoms with Crippen molar-refractivity contribution < 1.29 is 0 Å². The Morgan fingerprint density at radius 2 is 1.21 bits per heavy atom. The van der Waals surface area contributed by atoms with E-state index in [9.17, 15) is 0 Å². The van der Waals surface area contributed by atoms with Crippen LogP contribution < -0.4 is 0 Å². The van der Waals surface area contributed by atoms with E-state index in [4.69, 9.17) is 9.97 Å². The molecule has 1 spiro atoms. The van der Waals surface area contributed by atoms with E-state index in [1.54, 1.807) is 11.1 Å². The molecular weight excluding hydrogens is 508 g/mol. The Balaban J connectivity index is 1.20. The Morgan fingerprint density at radius 3 is 2.00 bits per heavy atom. The highest BCUT2D eigenvalue weighted by molar-refractivity contribution is 5.96. The molecule has 0 aliphatic heterocycles. The summed E-state index contributed by atoms with van der Waals surface area (Å²) >= 11 is 0. The molecule has 5 aliphatic rings. The molecule has 0 atom stereocenters. The van der Waals surface area contributed by atoms with Gasteiger partial charge in [-0.25, -0.2) is 9.97 Å². The third-order valence-corrected chi connectivity index (χ3v) is 11.5. The van der Waals surface area contributed by atoms with Gasteiger partial charge in [-0.15, -0.1) is 0 Å². The topological polar surface area (TPSA) is 25.8 Å². The first-order valence-corrected chi connectivity index (χ1v) is 15.8. The minimum Gasteiger partial charge on any atom is -0.236 e. The lowest BCUT2D eigenvalue weighted by molar-refractivity contribution is -0.0398. The second-order valence-corrected chi connectivity index (χ2v) is 13.5. The van der Waals surface area contributed by atoms with Crippen molar-refractivity contribution in [3.8, 4) is 33.6 Å². The molecule has 1 aromatic heterocycles.